The van der Waals surface area contributed by atoms with Crippen LogP contribution < -0.4 is 0 Å². The summed E-state index contributed by atoms with van der Waals surface area (Å²) in [6, 6.07) is 28.0. The molecule has 6 aliphatic rings. The van der Waals surface area contributed by atoms with Gasteiger partial charge in [-0.25, -0.2) is 0 Å². The Hall–Kier alpha value is -2.34. The van der Waals surface area contributed by atoms with Gasteiger partial charge >= 0.3 is 0 Å². The molecule has 0 N–H and O–H groups in total. The van der Waals surface area contributed by atoms with Crippen molar-refractivity contribution in [3.8, 4) is 0 Å². The van der Waals surface area contributed by atoms with Crippen molar-refractivity contribution in [2.24, 2.45) is 21.7 Å². The summed E-state index contributed by atoms with van der Waals surface area (Å²) < 4.78 is 0. The Morgan fingerprint density at radius 2 is 0.682 bits per heavy atom. The maximum Gasteiger partial charge on any atom is -0.00258 e. The molecule has 0 nitrogen and oxygen atoms in total. The molecule has 0 heteroatoms. The van der Waals surface area contributed by atoms with Crippen LogP contribution in [-0.2, 0) is 32.1 Å². The highest BCUT2D eigenvalue weighted by Gasteiger charge is 2.47. The van der Waals surface area contributed by atoms with E-state index in [4.69, 9.17) is 0 Å². The number of aryl methyl sites for hydroxylation is 2. The zero-order chi connectivity index (χ0) is 30.7. The fourth-order valence-electron chi connectivity index (χ4n) is 9.51. The summed E-state index contributed by atoms with van der Waals surface area (Å²) in [6.07, 6.45) is 25.0. The van der Waals surface area contributed by atoms with Crippen molar-refractivity contribution in [1.82, 2.24) is 0 Å². The summed E-state index contributed by atoms with van der Waals surface area (Å²) in [5.41, 5.74) is 11.6. The van der Waals surface area contributed by atoms with Crippen molar-refractivity contribution < 1.29 is 0 Å². The van der Waals surface area contributed by atoms with Gasteiger partial charge in [0.15, 0.2) is 0 Å². The Kier molecular flexibility index (Phi) is 9.48. The molecule has 0 radical (unpaired) electrons. The Morgan fingerprint density at radius 3 is 1.02 bits per heavy atom. The van der Waals surface area contributed by atoms with Crippen LogP contribution >= 0.6 is 0 Å². The minimum atomic E-state index is 0.620. The summed E-state index contributed by atoms with van der Waals surface area (Å²) in [7, 11) is 0. The van der Waals surface area contributed by atoms with Gasteiger partial charge in [-0.2, -0.15) is 0 Å². The van der Waals surface area contributed by atoms with E-state index in [0.29, 0.717) is 16.2 Å². The normalized spacial score (nSPS) is 30.5. The van der Waals surface area contributed by atoms with Crippen molar-refractivity contribution >= 4 is 0 Å². The summed E-state index contributed by atoms with van der Waals surface area (Å²) in [5.74, 6) is 0. The molecule has 0 unspecified atom stereocenters. The lowest BCUT2D eigenvalue weighted by molar-refractivity contribution is -0.0109. The number of rotatable bonds is 9. The fourth-order valence-corrected chi connectivity index (χ4v) is 9.51. The highest BCUT2D eigenvalue weighted by atomic mass is 14.5. The second kappa shape index (κ2) is 13.2. The second-order valence-electron chi connectivity index (χ2n) is 16.4. The van der Waals surface area contributed by atoms with Crippen LogP contribution in [0.1, 0.15) is 145 Å². The number of fused-ring (bicyclic) bond motifs is 6. The smallest absolute Gasteiger partial charge is 0.00258 e. The van der Waals surface area contributed by atoms with Gasteiger partial charge in [-0.15, -0.1) is 0 Å². The molecule has 4 bridgehead atoms. The molecular formula is C44H60. The molecule has 9 rings (SSSR count). The summed E-state index contributed by atoms with van der Waals surface area (Å²) in [5, 5.41) is 0. The van der Waals surface area contributed by atoms with Crippen LogP contribution in [0.15, 0.2) is 72.8 Å². The van der Waals surface area contributed by atoms with Crippen LogP contribution in [0.2, 0.25) is 0 Å². The first-order valence-corrected chi connectivity index (χ1v) is 18.5. The van der Waals surface area contributed by atoms with Crippen molar-refractivity contribution in [3.05, 3.63) is 106 Å². The van der Waals surface area contributed by atoms with E-state index < -0.39 is 0 Å². The predicted molar refractivity (Wildman–Crippen MR) is 189 cm³/mol. The predicted octanol–water partition coefficient (Wildman–Crippen LogP) is 12.3. The molecule has 0 amide bonds. The van der Waals surface area contributed by atoms with E-state index in [9.17, 15) is 0 Å². The molecule has 236 valence electrons. The van der Waals surface area contributed by atoms with Crippen LogP contribution in [0.3, 0.4) is 0 Å². The minimum Gasteiger partial charge on any atom is -0.0649 e. The van der Waals surface area contributed by atoms with E-state index in [1.54, 1.807) is 11.1 Å². The van der Waals surface area contributed by atoms with E-state index in [2.05, 4.69) is 100 Å². The van der Waals surface area contributed by atoms with Gasteiger partial charge < -0.3 is 0 Å². The van der Waals surface area contributed by atoms with Crippen LogP contribution in [0, 0.1) is 21.7 Å². The summed E-state index contributed by atoms with van der Waals surface area (Å²) >= 11 is 0. The van der Waals surface area contributed by atoms with E-state index in [-0.39, 0.29) is 0 Å². The Labute approximate surface area is 270 Å². The maximum atomic E-state index is 2.51. The van der Waals surface area contributed by atoms with Crippen LogP contribution in [0.5, 0.6) is 0 Å². The SMILES string of the molecule is CCc1ccc(CC23CCC(CC)(CC2)CC3)cc1.CCc1ccc(Cc2ccc(CC34CCC(C)(CC3)CC4)cc2)cc1. The summed E-state index contributed by atoms with van der Waals surface area (Å²) in [6.45, 7) is 9.37. The van der Waals surface area contributed by atoms with Crippen molar-refractivity contribution in [2.45, 2.75) is 143 Å². The van der Waals surface area contributed by atoms with Gasteiger partial charge in [0.25, 0.3) is 0 Å². The van der Waals surface area contributed by atoms with Crippen LogP contribution in [0.4, 0.5) is 0 Å². The molecule has 0 heterocycles. The van der Waals surface area contributed by atoms with Crippen LogP contribution in [-0.4, -0.2) is 0 Å². The third kappa shape index (κ3) is 7.21. The van der Waals surface area contributed by atoms with E-state index in [1.807, 2.05) is 0 Å². The molecule has 0 aliphatic heterocycles. The van der Waals surface area contributed by atoms with Gasteiger partial charge in [0.2, 0.25) is 0 Å². The number of benzene rings is 3. The molecule has 44 heavy (non-hydrogen) atoms. The Bertz CT molecular complexity index is 1290. The third-order valence-electron chi connectivity index (χ3n) is 13.5. The highest BCUT2D eigenvalue weighted by molar-refractivity contribution is 5.31. The average Bonchev–Trinajstić information content (AvgIpc) is 3.08. The molecule has 6 aliphatic carbocycles. The number of hydrogen-bond donors (Lipinski definition) is 0. The zero-order valence-electron chi connectivity index (χ0n) is 28.7. The largest absolute Gasteiger partial charge is 0.0649 e. The zero-order valence-corrected chi connectivity index (χ0v) is 28.7. The Morgan fingerprint density at radius 1 is 0.386 bits per heavy atom. The quantitative estimate of drug-likeness (QED) is 0.233. The minimum absolute atomic E-state index is 0.620. The monoisotopic (exact) mass is 588 g/mol. The van der Waals surface area contributed by atoms with Gasteiger partial charge in [-0.05, 0) is 164 Å². The molecule has 6 saturated carbocycles. The van der Waals surface area contributed by atoms with Gasteiger partial charge in [-0.1, -0.05) is 107 Å². The number of hydrogen-bond acceptors (Lipinski definition) is 0. The van der Waals surface area contributed by atoms with E-state index in [1.165, 1.54) is 119 Å². The maximum absolute atomic E-state index is 2.51. The fraction of sp³-hybridized carbons (Fsp3) is 0.591. The van der Waals surface area contributed by atoms with Crippen molar-refractivity contribution in [2.75, 3.05) is 0 Å². The lowest BCUT2D eigenvalue weighted by Crippen LogP contribution is -2.42. The molecular weight excluding hydrogens is 528 g/mol. The molecule has 3 aromatic carbocycles. The lowest BCUT2D eigenvalue weighted by Gasteiger charge is -2.53. The van der Waals surface area contributed by atoms with Crippen molar-refractivity contribution in [1.29, 1.82) is 0 Å². The summed E-state index contributed by atoms with van der Waals surface area (Å²) in [4.78, 5) is 0. The van der Waals surface area contributed by atoms with Gasteiger partial charge in [0.1, 0.15) is 0 Å². The average molecular weight is 589 g/mol. The van der Waals surface area contributed by atoms with Crippen LogP contribution in [0.25, 0.3) is 0 Å². The molecule has 0 spiro atoms. The molecule has 3 aromatic rings. The standard InChI is InChI=1S/C25H32.C19H28/c1-3-20-4-6-21(7-5-20)18-22-8-10-23(11-9-22)19-25-15-12-24(2,13-16-25)14-17-25;1-3-16-5-7-17(8-6-16)15-19-12-9-18(4-2,10-13-19)11-14-19/h4-11H,3,12-19H2,1-2H3;5-8H,3-4,9-15H2,1-2H3. The molecule has 0 aromatic heterocycles. The first kappa shape index (κ1) is 31.6. The molecule has 6 fully saturated rings. The highest BCUT2D eigenvalue weighted by Crippen LogP contribution is 2.59. The second-order valence-corrected chi connectivity index (χ2v) is 16.4. The molecule has 0 atom stereocenters. The third-order valence-corrected chi connectivity index (χ3v) is 13.5. The van der Waals surface area contributed by atoms with Gasteiger partial charge in [-0.3, -0.25) is 0 Å². The first-order chi connectivity index (χ1) is 21.3. The van der Waals surface area contributed by atoms with Gasteiger partial charge in [0, 0.05) is 0 Å². The van der Waals surface area contributed by atoms with E-state index in [0.717, 1.165) is 24.7 Å². The van der Waals surface area contributed by atoms with Gasteiger partial charge in [0.05, 0.1) is 0 Å². The Balaban J connectivity index is 0.000000162. The topological polar surface area (TPSA) is 0 Å². The first-order valence-electron chi connectivity index (χ1n) is 18.5. The lowest BCUT2D eigenvalue weighted by atomic mass is 9.52. The van der Waals surface area contributed by atoms with Crippen molar-refractivity contribution in [3.63, 3.8) is 0 Å². The van der Waals surface area contributed by atoms with E-state index >= 15 is 0 Å². The molecule has 0 saturated heterocycles.